The highest BCUT2D eigenvalue weighted by molar-refractivity contribution is 7.99. The first-order valence-electron chi connectivity index (χ1n) is 10.5. The van der Waals surface area contributed by atoms with Crippen LogP contribution >= 0.6 is 23.4 Å². The fourth-order valence-corrected chi connectivity index (χ4v) is 5.92. The molecule has 5 heterocycles. The van der Waals surface area contributed by atoms with Crippen molar-refractivity contribution in [1.29, 1.82) is 0 Å². The zero-order valence-electron chi connectivity index (χ0n) is 17.0. The van der Waals surface area contributed by atoms with Gasteiger partial charge in [-0.25, -0.2) is 0 Å². The molecule has 0 radical (unpaired) electrons. The van der Waals surface area contributed by atoms with Crippen molar-refractivity contribution in [2.45, 2.75) is 0 Å². The normalized spacial score (nSPS) is 26.0. The number of hydrogen-bond donors (Lipinski definition) is 0. The lowest BCUT2D eigenvalue weighted by Crippen LogP contribution is -2.60. The molecule has 4 aliphatic rings. The number of halogens is 1. The average molecular weight is 457 g/mol. The van der Waals surface area contributed by atoms with Crippen LogP contribution in [0.4, 0.5) is 6.01 Å². The van der Waals surface area contributed by atoms with Crippen LogP contribution in [0.2, 0.25) is 5.02 Å². The van der Waals surface area contributed by atoms with Crippen LogP contribution in [0.1, 0.15) is 0 Å². The molecular weight excluding hydrogens is 434 g/mol. The minimum atomic E-state index is 0.190. The Kier molecular flexibility index (Phi) is 4.64. The van der Waals surface area contributed by atoms with Crippen LogP contribution in [0.25, 0.3) is 11.1 Å². The Morgan fingerprint density at radius 3 is 2.87 bits per heavy atom. The van der Waals surface area contributed by atoms with Crippen LogP contribution in [0.15, 0.2) is 58.3 Å². The summed E-state index contributed by atoms with van der Waals surface area (Å²) < 4.78 is 6.58. The van der Waals surface area contributed by atoms with E-state index in [1.54, 1.807) is 0 Å². The SMILES string of the molecule is O=C(C1=CC2=CC=C[N@@+]2(N2CCN(c3nc4ccc(Cl)cc4o3)CC2)C1)N1CCSC1. The van der Waals surface area contributed by atoms with Gasteiger partial charge in [0.25, 0.3) is 11.9 Å². The Balaban J connectivity index is 1.17. The third-order valence-corrected chi connectivity index (χ3v) is 7.67. The number of allylic oxidation sites excluding steroid dienone is 3. The van der Waals surface area contributed by atoms with E-state index in [1.807, 2.05) is 34.9 Å². The second-order valence-electron chi connectivity index (χ2n) is 8.24. The molecule has 0 bridgehead atoms. The number of nitrogens with zero attached hydrogens (tertiary/aromatic N) is 5. The lowest BCUT2D eigenvalue weighted by molar-refractivity contribution is -0.948. The predicted octanol–water partition coefficient (Wildman–Crippen LogP) is 3.22. The van der Waals surface area contributed by atoms with Crippen molar-refractivity contribution in [3.05, 3.63) is 58.9 Å². The largest absolute Gasteiger partial charge is 0.423 e. The van der Waals surface area contributed by atoms with Gasteiger partial charge in [0.2, 0.25) is 0 Å². The fourth-order valence-electron chi connectivity index (χ4n) is 4.82. The molecule has 7 nitrogen and oxygen atoms in total. The van der Waals surface area contributed by atoms with Crippen LogP contribution in [0.3, 0.4) is 0 Å². The lowest BCUT2D eigenvalue weighted by atomic mass is 10.2. The Bertz CT molecular complexity index is 1140. The maximum atomic E-state index is 13.0. The third-order valence-electron chi connectivity index (χ3n) is 6.47. The summed E-state index contributed by atoms with van der Waals surface area (Å²) in [5.41, 5.74) is 3.63. The summed E-state index contributed by atoms with van der Waals surface area (Å²) in [6, 6.07) is 6.17. The summed E-state index contributed by atoms with van der Waals surface area (Å²) in [6.45, 7) is 4.89. The van der Waals surface area contributed by atoms with Gasteiger partial charge in [0, 0.05) is 48.6 Å². The Morgan fingerprint density at radius 2 is 2.06 bits per heavy atom. The summed E-state index contributed by atoms with van der Waals surface area (Å²) >= 11 is 7.90. The average Bonchev–Trinajstić information content (AvgIpc) is 3.55. The molecular formula is C22H23ClN5O2S+. The zero-order valence-corrected chi connectivity index (χ0v) is 18.6. The molecule has 1 amide bonds. The molecule has 9 heteroatoms. The van der Waals surface area contributed by atoms with Crippen LogP contribution in [0.5, 0.6) is 0 Å². The molecule has 160 valence electrons. The highest BCUT2D eigenvalue weighted by Gasteiger charge is 2.48. The molecule has 0 spiro atoms. The second kappa shape index (κ2) is 7.41. The van der Waals surface area contributed by atoms with Gasteiger partial charge in [-0.05, 0) is 18.2 Å². The Labute approximate surface area is 189 Å². The van der Waals surface area contributed by atoms with Crippen molar-refractivity contribution in [3.8, 4) is 0 Å². The van der Waals surface area contributed by atoms with E-state index in [2.05, 4.69) is 39.3 Å². The molecule has 2 aromatic rings. The van der Waals surface area contributed by atoms with Crippen LogP contribution in [0, 0.1) is 0 Å². The second-order valence-corrected chi connectivity index (χ2v) is 9.75. The number of rotatable bonds is 3. The maximum Gasteiger partial charge on any atom is 0.298 e. The lowest BCUT2D eigenvalue weighted by Gasteiger charge is -2.43. The van der Waals surface area contributed by atoms with Gasteiger partial charge in [0.05, 0.1) is 24.5 Å². The highest BCUT2D eigenvalue weighted by atomic mass is 35.5. The monoisotopic (exact) mass is 456 g/mol. The van der Waals surface area contributed by atoms with Gasteiger partial charge in [-0.1, -0.05) is 11.6 Å². The summed E-state index contributed by atoms with van der Waals surface area (Å²) in [6.07, 6.45) is 8.55. The Hall–Kier alpha value is -2.26. The fraction of sp³-hybridized carbons (Fsp3) is 0.364. The number of carbonyl (C=O) groups is 1. The van der Waals surface area contributed by atoms with E-state index in [4.69, 9.17) is 16.0 Å². The maximum absolute atomic E-state index is 13.0. The predicted molar refractivity (Wildman–Crippen MR) is 122 cm³/mol. The number of carbonyl (C=O) groups excluding carboxylic acids is 1. The van der Waals surface area contributed by atoms with E-state index < -0.39 is 0 Å². The van der Waals surface area contributed by atoms with Crippen LogP contribution < -0.4 is 4.90 Å². The van der Waals surface area contributed by atoms with Crippen LogP contribution in [-0.4, -0.2) is 76.3 Å². The molecule has 4 aliphatic heterocycles. The van der Waals surface area contributed by atoms with Gasteiger partial charge in [-0.15, -0.1) is 16.8 Å². The van der Waals surface area contributed by atoms with Gasteiger partial charge in [0.15, 0.2) is 11.3 Å². The molecule has 0 aliphatic carbocycles. The smallest absolute Gasteiger partial charge is 0.298 e. The van der Waals surface area contributed by atoms with Crippen molar-refractivity contribution in [3.63, 3.8) is 0 Å². The van der Waals surface area contributed by atoms with Crippen molar-refractivity contribution in [1.82, 2.24) is 14.9 Å². The van der Waals surface area contributed by atoms with E-state index in [1.165, 1.54) is 5.70 Å². The summed E-state index contributed by atoms with van der Waals surface area (Å²) in [4.78, 5) is 21.8. The van der Waals surface area contributed by atoms with Crippen LogP contribution in [-0.2, 0) is 4.79 Å². The first-order chi connectivity index (χ1) is 15.1. The quantitative estimate of drug-likeness (QED) is 0.661. The third kappa shape index (κ3) is 3.20. The number of piperazine rings is 1. The summed E-state index contributed by atoms with van der Waals surface area (Å²) in [7, 11) is 0. The standard InChI is InChI=1S/C22H23ClN5O2S/c23-17-3-4-19-20(13-17)30-22(24-19)25-5-7-27(8-6-25)28-10-1-2-18(28)12-16(14-28)21(29)26-9-11-31-15-26/h1-4,10,12-13H,5-9,11,14-15H2/q+1/t28-/m1/s1. The van der Waals surface area contributed by atoms with Crippen molar-refractivity contribution >= 4 is 46.4 Å². The van der Waals surface area contributed by atoms with Crippen molar-refractivity contribution in [2.75, 3.05) is 55.8 Å². The topological polar surface area (TPSA) is 52.8 Å². The number of hydrogen-bond acceptors (Lipinski definition) is 6. The van der Waals surface area contributed by atoms with E-state index in [0.29, 0.717) is 27.8 Å². The molecule has 2 saturated heterocycles. The number of benzene rings is 1. The molecule has 1 aromatic heterocycles. The molecule has 0 saturated carbocycles. The van der Waals surface area contributed by atoms with Gasteiger partial charge in [0.1, 0.15) is 18.3 Å². The number of quaternary nitrogens is 1. The molecule has 1 aromatic carbocycles. The van der Waals surface area contributed by atoms with Crippen molar-refractivity contribution in [2.24, 2.45) is 0 Å². The highest BCUT2D eigenvalue weighted by Crippen LogP contribution is 2.38. The minimum absolute atomic E-state index is 0.190. The summed E-state index contributed by atoms with van der Waals surface area (Å²) in [5, 5.41) is 3.09. The zero-order chi connectivity index (χ0) is 21.0. The summed E-state index contributed by atoms with van der Waals surface area (Å²) in [5.74, 6) is 2.03. The molecule has 2 fully saturated rings. The van der Waals surface area contributed by atoms with Gasteiger partial charge >= 0.3 is 0 Å². The number of anilines is 1. The number of thioether (sulfide) groups is 1. The van der Waals surface area contributed by atoms with Gasteiger partial charge < -0.3 is 14.2 Å². The molecule has 0 N–H and O–H groups in total. The number of fused-ring (bicyclic) bond motifs is 2. The number of amides is 1. The van der Waals surface area contributed by atoms with E-state index in [-0.39, 0.29) is 5.91 Å². The Morgan fingerprint density at radius 1 is 1.19 bits per heavy atom. The minimum Gasteiger partial charge on any atom is -0.423 e. The molecule has 0 unspecified atom stereocenters. The molecule has 31 heavy (non-hydrogen) atoms. The van der Waals surface area contributed by atoms with E-state index >= 15 is 0 Å². The van der Waals surface area contributed by atoms with E-state index in [0.717, 1.165) is 55.4 Å². The number of oxazole rings is 1. The first kappa shape index (κ1) is 19.4. The van der Waals surface area contributed by atoms with Crippen molar-refractivity contribution < 1.29 is 13.8 Å². The van der Waals surface area contributed by atoms with Gasteiger partial charge in [-0.3, -0.25) is 4.79 Å². The first-order valence-corrected chi connectivity index (χ1v) is 12.1. The van der Waals surface area contributed by atoms with E-state index in [9.17, 15) is 4.79 Å². The number of aromatic nitrogens is 1. The van der Waals surface area contributed by atoms with Gasteiger partial charge in [-0.2, -0.15) is 9.58 Å². The molecule has 1 atom stereocenters. The molecule has 6 rings (SSSR count).